The molecule has 0 aliphatic carbocycles. The van der Waals surface area contributed by atoms with E-state index < -0.39 is 10.0 Å². The Morgan fingerprint density at radius 1 is 1.28 bits per heavy atom. The Morgan fingerprint density at radius 2 is 1.83 bits per heavy atom. The summed E-state index contributed by atoms with van der Waals surface area (Å²) in [6.07, 6.45) is 0.373. The van der Waals surface area contributed by atoms with Crippen molar-refractivity contribution < 1.29 is 13.2 Å². The molecule has 1 rings (SSSR count). The molecule has 0 fully saturated rings. The van der Waals surface area contributed by atoms with Gasteiger partial charge in [0.2, 0.25) is 15.9 Å². The molecule has 0 aromatic heterocycles. The molecule has 0 radical (unpaired) electrons. The van der Waals surface area contributed by atoms with Crippen molar-refractivity contribution in [3.05, 3.63) is 24.3 Å². The quantitative estimate of drug-likeness (QED) is 0.833. The first-order valence-electron chi connectivity index (χ1n) is 5.26. The largest absolute Gasteiger partial charge is 0.326 e. The Bertz CT molecular complexity index is 512. The van der Waals surface area contributed by atoms with Gasteiger partial charge in [-0.3, -0.25) is 4.79 Å². The van der Waals surface area contributed by atoms with Crippen LogP contribution in [0.25, 0.3) is 0 Å². The monoisotopic (exact) mass is 334 g/mol. The number of sulfonamides is 1. The van der Waals surface area contributed by atoms with Gasteiger partial charge >= 0.3 is 0 Å². The SMILES string of the molecule is CN(C)S(=O)(=O)c1ccc(NC(=O)CCBr)cc1. The molecule has 0 saturated carbocycles. The first-order chi connectivity index (χ1) is 8.37. The topological polar surface area (TPSA) is 66.5 Å². The summed E-state index contributed by atoms with van der Waals surface area (Å²) in [7, 11) is -0.473. The molecule has 18 heavy (non-hydrogen) atoms. The lowest BCUT2D eigenvalue weighted by molar-refractivity contribution is -0.115. The number of hydrogen-bond acceptors (Lipinski definition) is 3. The molecule has 0 aliphatic rings. The van der Waals surface area contributed by atoms with Crippen LogP contribution >= 0.6 is 15.9 Å². The summed E-state index contributed by atoms with van der Waals surface area (Å²) < 4.78 is 24.7. The lowest BCUT2D eigenvalue weighted by atomic mass is 10.3. The van der Waals surface area contributed by atoms with E-state index in [1.54, 1.807) is 12.1 Å². The summed E-state index contributed by atoms with van der Waals surface area (Å²) >= 11 is 3.17. The van der Waals surface area contributed by atoms with E-state index in [4.69, 9.17) is 0 Å². The number of benzene rings is 1. The molecule has 0 atom stereocenters. The van der Waals surface area contributed by atoms with Gasteiger partial charge in [0.1, 0.15) is 0 Å². The first kappa shape index (κ1) is 15.1. The van der Waals surface area contributed by atoms with Crippen molar-refractivity contribution >= 4 is 37.5 Å². The average molecular weight is 335 g/mol. The summed E-state index contributed by atoms with van der Waals surface area (Å²) in [5, 5.41) is 3.26. The molecule has 0 heterocycles. The number of amides is 1. The van der Waals surface area contributed by atoms with Gasteiger partial charge in [-0.25, -0.2) is 12.7 Å². The van der Waals surface area contributed by atoms with E-state index in [-0.39, 0.29) is 10.8 Å². The molecule has 0 spiro atoms. The summed E-state index contributed by atoms with van der Waals surface area (Å²) in [5.74, 6) is -0.116. The van der Waals surface area contributed by atoms with E-state index in [1.807, 2.05) is 0 Å². The number of anilines is 1. The van der Waals surface area contributed by atoms with Crippen LogP contribution < -0.4 is 5.32 Å². The van der Waals surface area contributed by atoms with Crippen molar-refractivity contribution in [3.63, 3.8) is 0 Å². The van der Waals surface area contributed by atoms with E-state index in [9.17, 15) is 13.2 Å². The van der Waals surface area contributed by atoms with Gasteiger partial charge in [-0.2, -0.15) is 0 Å². The van der Waals surface area contributed by atoms with Crippen LogP contribution in [0.5, 0.6) is 0 Å². The van der Waals surface area contributed by atoms with E-state index in [0.29, 0.717) is 17.4 Å². The number of rotatable bonds is 5. The number of alkyl halides is 1. The number of hydrogen-bond donors (Lipinski definition) is 1. The maximum Gasteiger partial charge on any atom is 0.242 e. The minimum absolute atomic E-state index is 0.116. The van der Waals surface area contributed by atoms with E-state index in [2.05, 4.69) is 21.2 Å². The second kappa shape index (κ2) is 6.31. The van der Waals surface area contributed by atoms with Gasteiger partial charge in [-0.05, 0) is 24.3 Å². The summed E-state index contributed by atoms with van der Waals surface area (Å²) in [4.78, 5) is 11.5. The number of carbonyl (C=O) groups excluding carboxylic acids is 1. The zero-order valence-corrected chi connectivity index (χ0v) is 12.6. The van der Waals surface area contributed by atoms with E-state index in [1.165, 1.54) is 26.2 Å². The predicted molar refractivity (Wildman–Crippen MR) is 74.4 cm³/mol. The lowest BCUT2D eigenvalue weighted by Crippen LogP contribution is -2.22. The molecule has 0 bridgehead atoms. The van der Waals surface area contributed by atoms with Crippen molar-refractivity contribution in [3.8, 4) is 0 Å². The van der Waals surface area contributed by atoms with Crippen LogP contribution in [-0.4, -0.2) is 38.1 Å². The highest BCUT2D eigenvalue weighted by Gasteiger charge is 2.16. The maximum absolute atomic E-state index is 11.8. The van der Waals surface area contributed by atoms with Crippen LogP contribution in [-0.2, 0) is 14.8 Å². The Balaban J connectivity index is 2.84. The molecule has 0 unspecified atom stereocenters. The van der Waals surface area contributed by atoms with Crippen molar-refractivity contribution in [2.75, 3.05) is 24.7 Å². The van der Waals surface area contributed by atoms with Crippen molar-refractivity contribution in [1.82, 2.24) is 4.31 Å². The van der Waals surface area contributed by atoms with Gasteiger partial charge in [0.15, 0.2) is 0 Å². The van der Waals surface area contributed by atoms with Crippen molar-refractivity contribution in [2.24, 2.45) is 0 Å². The Morgan fingerprint density at radius 3 is 2.28 bits per heavy atom. The molecule has 1 aromatic carbocycles. The van der Waals surface area contributed by atoms with Gasteiger partial charge in [0.05, 0.1) is 4.90 Å². The Labute approximate surface area is 115 Å². The highest BCUT2D eigenvalue weighted by Crippen LogP contribution is 2.16. The van der Waals surface area contributed by atoms with Crippen LogP contribution in [0.4, 0.5) is 5.69 Å². The molecule has 7 heteroatoms. The van der Waals surface area contributed by atoms with Gasteiger partial charge in [-0.15, -0.1) is 0 Å². The molecular formula is C11H15BrN2O3S. The molecule has 1 amide bonds. The summed E-state index contributed by atoms with van der Waals surface area (Å²) in [6.45, 7) is 0. The number of nitrogens with zero attached hydrogens (tertiary/aromatic N) is 1. The third kappa shape index (κ3) is 3.79. The van der Waals surface area contributed by atoms with Gasteiger partial charge in [-0.1, -0.05) is 15.9 Å². The van der Waals surface area contributed by atoms with Crippen molar-refractivity contribution in [2.45, 2.75) is 11.3 Å². The Hall–Kier alpha value is -0.920. The molecule has 1 N–H and O–H groups in total. The van der Waals surface area contributed by atoms with Crippen LogP contribution in [0, 0.1) is 0 Å². The zero-order valence-electron chi connectivity index (χ0n) is 10.2. The van der Waals surface area contributed by atoms with Crippen LogP contribution in [0.15, 0.2) is 29.2 Å². The highest BCUT2D eigenvalue weighted by molar-refractivity contribution is 9.09. The number of nitrogens with one attached hydrogen (secondary N) is 1. The average Bonchev–Trinajstić information content (AvgIpc) is 2.29. The standard InChI is InChI=1S/C11H15BrN2O3S/c1-14(2)18(16,17)10-5-3-9(4-6-10)13-11(15)7-8-12/h3-6H,7-8H2,1-2H3,(H,13,15). The Kier molecular flexibility index (Phi) is 5.30. The minimum Gasteiger partial charge on any atom is -0.326 e. The molecule has 0 aliphatic heterocycles. The van der Waals surface area contributed by atoms with Gasteiger partial charge in [0, 0.05) is 31.5 Å². The van der Waals surface area contributed by atoms with Crippen molar-refractivity contribution in [1.29, 1.82) is 0 Å². The number of halogens is 1. The summed E-state index contributed by atoms with van der Waals surface area (Å²) in [5.41, 5.74) is 0.582. The molecule has 0 saturated heterocycles. The summed E-state index contributed by atoms with van der Waals surface area (Å²) in [6, 6.07) is 6.09. The number of carbonyl (C=O) groups is 1. The molecule has 100 valence electrons. The second-order valence-electron chi connectivity index (χ2n) is 3.80. The van der Waals surface area contributed by atoms with Crippen LogP contribution in [0.2, 0.25) is 0 Å². The van der Waals surface area contributed by atoms with E-state index in [0.717, 1.165) is 4.31 Å². The first-order valence-corrected chi connectivity index (χ1v) is 7.82. The highest BCUT2D eigenvalue weighted by atomic mass is 79.9. The fourth-order valence-corrected chi connectivity index (χ4v) is 2.49. The van der Waals surface area contributed by atoms with E-state index >= 15 is 0 Å². The fraction of sp³-hybridized carbons (Fsp3) is 0.364. The third-order valence-electron chi connectivity index (χ3n) is 2.24. The molecule has 1 aromatic rings. The third-order valence-corrected chi connectivity index (χ3v) is 4.46. The predicted octanol–water partition coefficient (Wildman–Crippen LogP) is 1.66. The zero-order chi connectivity index (χ0) is 13.8. The normalized spacial score (nSPS) is 11.6. The van der Waals surface area contributed by atoms with Gasteiger partial charge < -0.3 is 5.32 Å². The van der Waals surface area contributed by atoms with Gasteiger partial charge in [0.25, 0.3) is 0 Å². The lowest BCUT2D eigenvalue weighted by Gasteiger charge is -2.11. The van der Waals surface area contributed by atoms with Crippen LogP contribution in [0.3, 0.4) is 0 Å². The second-order valence-corrected chi connectivity index (χ2v) is 6.74. The molecular weight excluding hydrogens is 320 g/mol. The molecule has 5 nitrogen and oxygen atoms in total. The van der Waals surface area contributed by atoms with Crippen LogP contribution in [0.1, 0.15) is 6.42 Å². The minimum atomic E-state index is -3.42. The maximum atomic E-state index is 11.8. The smallest absolute Gasteiger partial charge is 0.242 e. The fourth-order valence-electron chi connectivity index (χ4n) is 1.23.